The van der Waals surface area contributed by atoms with Crippen LogP contribution in [-0.2, 0) is 6.54 Å². The van der Waals surface area contributed by atoms with Gasteiger partial charge in [-0.3, -0.25) is 19.8 Å². The highest BCUT2D eigenvalue weighted by Gasteiger charge is 2.22. The number of halogens is 1. The average molecular weight is 440 g/mol. The third kappa shape index (κ3) is 5.28. The monoisotopic (exact) mass is 439 g/mol. The van der Waals surface area contributed by atoms with Crippen molar-refractivity contribution in [2.45, 2.75) is 25.4 Å². The van der Waals surface area contributed by atoms with E-state index in [2.05, 4.69) is 15.3 Å². The van der Waals surface area contributed by atoms with Crippen LogP contribution in [0.2, 0.25) is 5.02 Å². The van der Waals surface area contributed by atoms with Crippen molar-refractivity contribution in [2.75, 3.05) is 13.1 Å². The van der Waals surface area contributed by atoms with Gasteiger partial charge in [0.25, 0.3) is 11.6 Å². The Hall–Kier alpha value is -3.23. The van der Waals surface area contributed by atoms with Crippen LogP contribution >= 0.6 is 11.6 Å². The normalized spacial score (nSPS) is 15.0. The lowest BCUT2D eigenvalue weighted by atomic mass is 10.0. The Morgan fingerprint density at radius 3 is 2.45 bits per heavy atom. The van der Waals surface area contributed by atoms with Crippen molar-refractivity contribution in [3.8, 4) is 5.69 Å². The molecule has 1 aliphatic rings. The molecule has 9 heteroatoms. The Morgan fingerprint density at radius 2 is 1.81 bits per heavy atom. The Labute approximate surface area is 184 Å². The van der Waals surface area contributed by atoms with Gasteiger partial charge < -0.3 is 5.32 Å². The zero-order valence-corrected chi connectivity index (χ0v) is 17.5. The summed E-state index contributed by atoms with van der Waals surface area (Å²) in [7, 11) is 0. The van der Waals surface area contributed by atoms with Gasteiger partial charge in [-0.2, -0.15) is 5.10 Å². The molecule has 1 saturated heterocycles. The van der Waals surface area contributed by atoms with Gasteiger partial charge >= 0.3 is 0 Å². The number of aromatic nitrogens is 2. The highest BCUT2D eigenvalue weighted by atomic mass is 35.5. The van der Waals surface area contributed by atoms with Crippen molar-refractivity contribution in [3.05, 3.63) is 87.2 Å². The number of non-ortho nitro benzene ring substituents is 1. The summed E-state index contributed by atoms with van der Waals surface area (Å²) in [5, 5.41) is 18.8. The molecule has 1 aliphatic heterocycles. The number of likely N-dealkylation sites (tertiary alicyclic amines) is 1. The standard InChI is InChI=1S/C22H22ClN5O3/c23-18-3-1-16(2-4-18)14-26-11-9-19(10-12-26)25-22(29)17-13-24-27(15-17)20-5-7-21(8-6-20)28(30)31/h1-8,13,15,19H,9-12,14H2,(H,25,29). The van der Waals surface area contributed by atoms with Crippen molar-refractivity contribution in [3.63, 3.8) is 0 Å². The number of carbonyl (C=O) groups excluding carboxylic acids is 1. The summed E-state index contributed by atoms with van der Waals surface area (Å²) in [6.45, 7) is 2.70. The van der Waals surface area contributed by atoms with Gasteiger partial charge in [-0.05, 0) is 42.7 Å². The first-order valence-corrected chi connectivity index (χ1v) is 10.4. The fourth-order valence-corrected chi connectivity index (χ4v) is 3.79. The van der Waals surface area contributed by atoms with Gasteiger partial charge in [-0.25, -0.2) is 4.68 Å². The molecule has 8 nitrogen and oxygen atoms in total. The molecule has 2 heterocycles. The van der Waals surface area contributed by atoms with E-state index in [4.69, 9.17) is 11.6 Å². The third-order valence-corrected chi connectivity index (χ3v) is 5.66. The van der Waals surface area contributed by atoms with Crippen LogP contribution in [0.25, 0.3) is 5.69 Å². The summed E-state index contributed by atoms with van der Waals surface area (Å²) < 4.78 is 1.54. The van der Waals surface area contributed by atoms with Crippen molar-refractivity contribution >= 4 is 23.2 Å². The molecule has 0 bridgehead atoms. The predicted octanol–water partition coefficient (Wildman–Crippen LogP) is 3.83. The molecule has 160 valence electrons. The highest BCUT2D eigenvalue weighted by Crippen LogP contribution is 2.18. The molecule has 0 aliphatic carbocycles. The maximum Gasteiger partial charge on any atom is 0.269 e. The topological polar surface area (TPSA) is 93.3 Å². The second-order valence-corrected chi connectivity index (χ2v) is 8.03. The quantitative estimate of drug-likeness (QED) is 0.465. The number of rotatable bonds is 6. The summed E-state index contributed by atoms with van der Waals surface area (Å²) in [4.78, 5) is 25.3. The van der Waals surface area contributed by atoms with Gasteiger partial charge in [0.15, 0.2) is 0 Å². The van der Waals surface area contributed by atoms with E-state index in [0.29, 0.717) is 11.3 Å². The van der Waals surface area contributed by atoms with Gasteiger partial charge in [0.2, 0.25) is 0 Å². The molecule has 2 aromatic carbocycles. The van der Waals surface area contributed by atoms with E-state index in [1.54, 1.807) is 18.3 Å². The van der Waals surface area contributed by atoms with Crippen LogP contribution < -0.4 is 5.32 Å². The third-order valence-electron chi connectivity index (χ3n) is 5.41. The first kappa shape index (κ1) is 21.0. The smallest absolute Gasteiger partial charge is 0.269 e. The summed E-state index contributed by atoms with van der Waals surface area (Å²) in [5.74, 6) is -0.163. The largest absolute Gasteiger partial charge is 0.349 e. The van der Waals surface area contributed by atoms with E-state index in [0.717, 1.165) is 37.5 Å². The van der Waals surface area contributed by atoms with E-state index in [9.17, 15) is 14.9 Å². The van der Waals surface area contributed by atoms with Crippen LogP contribution in [0, 0.1) is 10.1 Å². The molecule has 0 atom stereocenters. The molecule has 0 spiro atoms. The second-order valence-electron chi connectivity index (χ2n) is 7.60. The number of piperidine rings is 1. The molecule has 1 N–H and O–H groups in total. The predicted molar refractivity (Wildman–Crippen MR) is 117 cm³/mol. The Kier molecular flexibility index (Phi) is 6.29. The lowest BCUT2D eigenvalue weighted by molar-refractivity contribution is -0.384. The fourth-order valence-electron chi connectivity index (χ4n) is 3.66. The summed E-state index contributed by atoms with van der Waals surface area (Å²) in [5.41, 5.74) is 2.35. The van der Waals surface area contributed by atoms with Crippen molar-refractivity contribution in [2.24, 2.45) is 0 Å². The number of carbonyl (C=O) groups is 1. The highest BCUT2D eigenvalue weighted by molar-refractivity contribution is 6.30. The molecule has 3 aromatic rings. The van der Waals surface area contributed by atoms with Crippen LogP contribution in [0.15, 0.2) is 60.9 Å². The van der Waals surface area contributed by atoms with Crippen LogP contribution in [0.3, 0.4) is 0 Å². The van der Waals surface area contributed by atoms with Gasteiger partial charge in [-0.15, -0.1) is 0 Å². The maximum atomic E-state index is 12.6. The first-order chi connectivity index (χ1) is 15.0. The van der Waals surface area contributed by atoms with E-state index in [1.165, 1.54) is 28.6 Å². The van der Waals surface area contributed by atoms with Gasteiger partial charge in [0.1, 0.15) is 0 Å². The minimum absolute atomic E-state index is 0.0104. The molecule has 0 radical (unpaired) electrons. The van der Waals surface area contributed by atoms with Crippen LogP contribution in [0.1, 0.15) is 28.8 Å². The van der Waals surface area contributed by atoms with E-state index < -0.39 is 4.92 Å². The minimum atomic E-state index is -0.452. The van der Waals surface area contributed by atoms with Crippen molar-refractivity contribution in [1.82, 2.24) is 20.0 Å². The second kappa shape index (κ2) is 9.28. The Bertz CT molecular complexity index is 1060. The number of nitrogens with one attached hydrogen (secondary N) is 1. The van der Waals surface area contributed by atoms with Crippen LogP contribution in [-0.4, -0.2) is 44.6 Å². The Balaban J connectivity index is 1.29. The first-order valence-electron chi connectivity index (χ1n) is 10.0. The molecule has 31 heavy (non-hydrogen) atoms. The lowest BCUT2D eigenvalue weighted by Gasteiger charge is -2.32. The van der Waals surface area contributed by atoms with Crippen LogP contribution in [0.4, 0.5) is 5.69 Å². The number of nitro groups is 1. The number of hydrogen-bond donors (Lipinski definition) is 1. The van der Waals surface area contributed by atoms with Crippen molar-refractivity contribution in [1.29, 1.82) is 0 Å². The molecule has 1 amide bonds. The minimum Gasteiger partial charge on any atom is -0.349 e. The van der Waals surface area contributed by atoms with E-state index in [1.807, 2.05) is 24.3 Å². The summed E-state index contributed by atoms with van der Waals surface area (Å²) in [6.07, 6.45) is 4.91. The molecule has 1 aromatic heterocycles. The van der Waals surface area contributed by atoms with Crippen LogP contribution in [0.5, 0.6) is 0 Å². The maximum absolute atomic E-state index is 12.6. The van der Waals surface area contributed by atoms with Crippen molar-refractivity contribution < 1.29 is 9.72 Å². The zero-order chi connectivity index (χ0) is 21.8. The molecule has 1 fully saturated rings. The molecular formula is C22H22ClN5O3. The average Bonchev–Trinajstić information content (AvgIpc) is 3.27. The number of nitro benzene ring substituents is 1. The number of benzene rings is 2. The van der Waals surface area contributed by atoms with Gasteiger partial charge in [0, 0.05) is 49.0 Å². The van der Waals surface area contributed by atoms with E-state index in [-0.39, 0.29) is 17.6 Å². The number of nitrogens with zero attached hydrogens (tertiary/aromatic N) is 4. The molecule has 0 saturated carbocycles. The number of hydrogen-bond acceptors (Lipinski definition) is 5. The fraction of sp³-hybridized carbons (Fsp3) is 0.273. The molecular weight excluding hydrogens is 418 g/mol. The molecule has 0 unspecified atom stereocenters. The zero-order valence-electron chi connectivity index (χ0n) is 16.8. The van der Waals surface area contributed by atoms with Gasteiger partial charge in [0.05, 0.1) is 22.4 Å². The lowest BCUT2D eigenvalue weighted by Crippen LogP contribution is -2.44. The van der Waals surface area contributed by atoms with E-state index >= 15 is 0 Å². The van der Waals surface area contributed by atoms with Gasteiger partial charge in [-0.1, -0.05) is 23.7 Å². The summed E-state index contributed by atoms with van der Waals surface area (Å²) >= 11 is 5.94. The Morgan fingerprint density at radius 1 is 1.13 bits per heavy atom. The summed E-state index contributed by atoms with van der Waals surface area (Å²) in [6, 6.07) is 14.0. The molecule has 4 rings (SSSR count). The SMILES string of the molecule is O=C(NC1CCN(Cc2ccc(Cl)cc2)CC1)c1cnn(-c2ccc([N+](=O)[O-])cc2)c1. The number of amides is 1.